The van der Waals surface area contributed by atoms with Gasteiger partial charge in [-0.1, -0.05) is 54.1 Å². The van der Waals surface area contributed by atoms with Crippen molar-refractivity contribution >= 4 is 46.6 Å². The summed E-state index contributed by atoms with van der Waals surface area (Å²) in [7, 11) is 0. The van der Waals surface area contributed by atoms with E-state index < -0.39 is 41.6 Å². The average Bonchev–Trinajstić information content (AvgIpc) is 3.32. The molecule has 3 aliphatic rings. The lowest BCUT2D eigenvalue weighted by Crippen LogP contribution is -2.49. The van der Waals surface area contributed by atoms with Crippen LogP contribution < -0.4 is 9.80 Å². The summed E-state index contributed by atoms with van der Waals surface area (Å²) in [5, 5.41) is 0.489. The van der Waals surface area contributed by atoms with Gasteiger partial charge in [0.1, 0.15) is 11.9 Å². The molecule has 5 nitrogen and oxygen atoms in total. The highest BCUT2D eigenvalue weighted by molar-refractivity contribution is 6.30. The molecular weight excluding hydrogens is 455 g/mol. The lowest BCUT2D eigenvalue weighted by Gasteiger charge is -2.36. The molecule has 3 aromatic rings. The Labute approximate surface area is 200 Å². The van der Waals surface area contributed by atoms with Gasteiger partial charge < -0.3 is 4.90 Å². The van der Waals surface area contributed by atoms with E-state index in [1.54, 1.807) is 30.3 Å². The molecule has 0 aromatic heterocycles. The number of ketones is 1. The van der Waals surface area contributed by atoms with E-state index in [1.807, 2.05) is 41.3 Å². The molecule has 168 valence electrons. The maximum atomic E-state index is 14.6. The van der Waals surface area contributed by atoms with Crippen molar-refractivity contribution in [3.63, 3.8) is 0 Å². The van der Waals surface area contributed by atoms with Crippen molar-refractivity contribution in [2.24, 2.45) is 11.8 Å². The molecule has 0 unspecified atom stereocenters. The van der Waals surface area contributed by atoms with Gasteiger partial charge in [-0.3, -0.25) is 14.4 Å². The first kappa shape index (κ1) is 20.8. The third-order valence-corrected chi connectivity index (χ3v) is 7.16. The van der Waals surface area contributed by atoms with Gasteiger partial charge in [0, 0.05) is 16.3 Å². The first-order valence-electron chi connectivity index (χ1n) is 10.9. The van der Waals surface area contributed by atoms with Crippen LogP contribution >= 0.6 is 11.6 Å². The molecule has 34 heavy (non-hydrogen) atoms. The van der Waals surface area contributed by atoms with Crippen molar-refractivity contribution in [1.82, 2.24) is 0 Å². The Morgan fingerprint density at radius 3 is 2.21 bits per heavy atom. The molecule has 0 N–H and O–H groups in total. The minimum atomic E-state index is -0.948. The number of carbonyl (C=O) groups excluding carboxylic acids is 3. The summed E-state index contributed by atoms with van der Waals surface area (Å²) >= 11 is 6.02. The summed E-state index contributed by atoms with van der Waals surface area (Å²) in [6, 6.07) is 18.3. The van der Waals surface area contributed by atoms with Crippen LogP contribution in [0.4, 0.5) is 15.8 Å². The van der Waals surface area contributed by atoms with Crippen LogP contribution in [0.5, 0.6) is 0 Å². The molecule has 0 bridgehead atoms. The number of hydrogen-bond donors (Lipinski definition) is 0. The number of halogens is 2. The van der Waals surface area contributed by atoms with Gasteiger partial charge in [-0.2, -0.15) is 0 Å². The second-order valence-electron chi connectivity index (χ2n) is 8.65. The van der Waals surface area contributed by atoms with E-state index in [0.29, 0.717) is 10.6 Å². The molecule has 2 amide bonds. The third kappa shape index (κ3) is 2.88. The molecule has 7 heteroatoms. The molecule has 2 fully saturated rings. The zero-order valence-corrected chi connectivity index (χ0v) is 18.5. The molecule has 0 spiro atoms. The molecule has 3 heterocycles. The predicted molar refractivity (Wildman–Crippen MR) is 127 cm³/mol. The average molecular weight is 473 g/mol. The number of benzene rings is 3. The summed E-state index contributed by atoms with van der Waals surface area (Å²) < 4.78 is 14.6. The van der Waals surface area contributed by atoms with Crippen LogP contribution in [0.2, 0.25) is 5.02 Å². The van der Waals surface area contributed by atoms with Crippen molar-refractivity contribution in [1.29, 1.82) is 0 Å². The van der Waals surface area contributed by atoms with Gasteiger partial charge in [0.15, 0.2) is 5.78 Å². The number of fused-ring (bicyclic) bond motifs is 5. The van der Waals surface area contributed by atoms with Crippen LogP contribution in [-0.4, -0.2) is 29.7 Å². The number of hydrogen-bond acceptors (Lipinski definition) is 4. The van der Waals surface area contributed by atoms with E-state index in [2.05, 4.69) is 0 Å². The number of Topliss-reactive ketones (excluding diaryl/α,β-unsaturated/α-hetero) is 1. The molecule has 0 aliphatic carbocycles. The van der Waals surface area contributed by atoms with E-state index >= 15 is 0 Å². The number of anilines is 2. The molecule has 6 rings (SSSR count). The second-order valence-corrected chi connectivity index (χ2v) is 9.08. The highest BCUT2D eigenvalue weighted by atomic mass is 35.5. The van der Waals surface area contributed by atoms with Gasteiger partial charge in [0.25, 0.3) is 0 Å². The SMILES string of the molecule is O=C(c1ccc(Cl)cc1)[C@@H]1[C@@H]2C(=O)N(c3ccccc3F)C(=O)[C@H]2[C@@H]2C=Cc3ccccc3N12. The largest absolute Gasteiger partial charge is 0.352 e. The summed E-state index contributed by atoms with van der Waals surface area (Å²) in [6.45, 7) is 0. The monoisotopic (exact) mass is 472 g/mol. The summed E-state index contributed by atoms with van der Waals surface area (Å²) in [5.74, 6) is -3.76. The Morgan fingerprint density at radius 2 is 1.47 bits per heavy atom. The van der Waals surface area contributed by atoms with Crippen molar-refractivity contribution in [2.75, 3.05) is 9.80 Å². The quantitative estimate of drug-likeness (QED) is 0.407. The Hall–Kier alpha value is -3.77. The van der Waals surface area contributed by atoms with Gasteiger partial charge in [-0.25, -0.2) is 9.29 Å². The Kier molecular flexibility index (Phi) is 4.67. The van der Waals surface area contributed by atoms with Crippen LogP contribution in [0.15, 0.2) is 78.9 Å². The van der Waals surface area contributed by atoms with Crippen molar-refractivity contribution < 1.29 is 18.8 Å². The number of para-hydroxylation sites is 2. The van der Waals surface area contributed by atoms with Crippen molar-refractivity contribution in [3.8, 4) is 0 Å². The highest BCUT2D eigenvalue weighted by Gasteiger charge is 2.64. The Morgan fingerprint density at radius 1 is 0.824 bits per heavy atom. The van der Waals surface area contributed by atoms with Crippen LogP contribution in [0.25, 0.3) is 6.08 Å². The first-order valence-corrected chi connectivity index (χ1v) is 11.3. The topological polar surface area (TPSA) is 57.7 Å². The summed E-state index contributed by atoms with van der Waals surface area (Å²) in [4.78, 5) is 44.0. The molecule has 3 aromatic carbocycles. The van der Waals surface area contributed by atoms with Gasteiger partial charge in [0.2, 0.25) is 11.8 Å². The fraction of sp³-hybridized carbons (Fsp3) is 0.148. The van der Waals surface area contributed by atoms with Gasteiger partial charge >= 0.3 is 0 Å². The molecule has 0 saturated carbocycles. The lowest BCUT2D eigenvalue weighted by molar-refractivity contribution is -0.122. The first-order chi connectivity index (χ1) is 16.5. The van der Waals surface area contributed by atoms with Gasteiger partial charge in [0.05, 0.1) is 23.6 Å². The number of nitrogens with zero attached hydrogens (tertiary/aromatic N) is 2. The predicted octanol–water partition coefficient (Wildman–Crippen LogP) is 4.75. The van der Waals surface area contributed by atoms with Crippen LogP contribution in [0, 0.1) is 17.7 Å². The van der Waals surface area contributed by atoms with Gasteiger partial charge in [-0.05, 0) is 48.0 Å². The molecular formula is C27H18ClFN2O3. The zero-order valence-electron chi connectivity index (χ0n) is 17.8. The Bertz CT molecular complexity index is 1390. The fourth-order valence-electron chi connectivity index (χ4n) is 5.47. The number of carbonyl (C=O) groups is 3. The zero-order chi connectivity index (χ0) is 23.6. The fourth-order valence-corrected chi connectivity index (χ4v) is 5.59. The normalized spacial score (nSPS) is 24.8. The minimum Gasteiger partial charge on any atom is -0.352 e. The molecule has 4 atom stereocenters. The van der Waals surface area contributed by atoms with Crippen LogP contribution in [-0.2, 0) is 9.59 Å². The van der Waals surface area contributed by atoms with Gasteiger partial charge in [-0.15, -0.1) is 0 Å². The van der Waals surface area contributed by atoms with E-state index in [9.17, 15) is 18.8 Å². The summed E-state index contributed by atoms with van der Waals surface area (Å²) in [5.41, 5.74) is 2.00. The third-order valence-electron chi connectivity index (χ3n) is 6.91. The van der Waals surface area contributed by atoms with Crippen LogP contribution in [0.3, 0.4) is 0 Å². The minimum absolute atomic E-state index is 0.0867. The Balaban J connectivity index is 1.51. The van der Waals surface area contributed by atoms with E-state index in [0.717, 1.165) is 16.2 Å². The van der Waals surface area contributed by atoms with Crippen LogP contribution in [0.1, 0.15) is 15.9 Å². The van der Waals surface area contributed by atoms with Crippen molar-refractivity contribution in [2.45, 2.75) is 12.1 Å². The molecule has 3 aliphatic heterocycles. The van der Waals surface area contributed by atoms with E-state index in [1.165, 1.54) is 18.2 Å². The number of amides is 2. The lowest BCUT2D eigenvalue weighted by atomic mass is 9.86. The molecule has 2 saturated heterocycles. The standard InChI is InChI=1S/C27H18ClFN2O3/c28-17-12-9-16(10-13-17)25(32)24-23-22(21-14-11-15-5-1-3-7-19(15)30(21)24)26(33)31(27(23)34)20-8-4-2-6-18(20)29/h1-14,21-24H/t21-,22-,23+,24-/m0/s1. The van der Waals surface area contributed by atoms with E-state index in [4.69, 9.17) is 11.6 Å². The smallest absolute Gasteiger partial charge is 0.240 e. The maximum absolute atomic E-state index is 14.6. The number of rotatable bonds is 3. The maximum Gasteiger partial charge on any atom is 0.240 e. The second kappa shape index (κ2) is 7.64. The number of imide groups is 1. The highest BCUT2D eigenvalue weighted by Crippen LogP contribution is 2.50. The molecule has 0 radical (unpaired) electrons. The van der Waals surface area contributed by atoms with E-state index in [-0.39, 0.29) is 11.5 Å². The van der Waals surface area contributed by atoms with Crippen molar-refractivity contribution in [3.05, 3.63) is 101 Å². The summed E-state index contributed by atoms with van der Waals surface area (Å²) in [6.07, 6.45) is 3.78.